The van der Waals surface area contributed by atoms with Gasteiger partial charge in [-0.3, -0.25) is 0 Å². The first kappa shape index (κ1) is 19.1. The second kappa shape index (κ2) is 7.90. The molecule has 0 amide bonds. The molecule has 1 atom stereocenters. The van der Waals surface area contributed by atoms with Crippen molar-refractivity contribution in [1.82, 2.24) is 0 Å². The van der Waals surface area contributed by atoms with Crippen LogP contribution < -0.4 is 11.5 Å². The zero-order valence-electron chi connectivity index (χ0n) is 15.1. The van der Waals surface area contributed by atoms with Gasteiger partial charge in [0.25, 0.3) is 0 Å². The topological polar surface area (TPSA) is 116 Å². The summed E-state index contributed by atoms with van der Waals surface area (Å²) in [5, 5.41) is 9.42. The summed E-state index contributed by atoms with van der Waals surface area (Å²) < 4.78 is 5.33. The fraction of sp³-hybridized carbons (Fsp3) is 0.333. The Morgan fingerprint density at radius 1 is 1.07 bits per heavy atom. The molecule has 0 spiro atoms. The quantitative estimate of drug-likeness (QED) is 0.319. The van der Waals surface area contributed by atoms with Crippen molar-refractivity contribution in [2.24, 2.45) is 11.5 Å². The molecule has 1 aliphatic rings. The van der Waals surface area contributed by atoms with E-state index in [1.54, 1.807) is 0 Å². The molecular weight excluding hydrogens is 344 g/mol. The summed E-state index contributed by atoms with van der Waals surface area (Å²) in [7, 11) is 0. The number of carbonyl (C=O) groups is 2. The van der Waals surface area contributed by atoms with Crippen molar-refractivity contribution in [3.8, 4) is 11.1 Å². The molecule has 0 saturated carbocycles. The Hall–Kier alpha value is -2.70. The van der Waals surface area contributed by atoms with Gasteiger partial charge in [-0.25, -0.2) is 9.59 Å². The molecule has 2 aromatic rings. The number of benzene rings is 2. The minimum Gasteiger partial charge on any atom is -0.479 e. The highest BCUT2D eigenvalue weighted by atomic mass is 16.5. The Balaban J connectivity index is 1.74. The van der Waals surface area contributed by atoms with Gasteiger partial charge in [-0.15, -0.1) is 0 Å². The third kappa shape index (κ3) is 3.72. The van der Waals surface area contributed by atoms with E-state index in [0.717, 1.165) is 23.1 Å². The van der Waals surface area contributed by atoms with E-state index in [1.165, 1.54) is 11.1 Å². The molecule has 0 aromatic heterocycles. The predicted molar refractivity (Wildman–Crippen MR) is 102 cm³/mol. The van der Waals surface area contributed by atoms with E-state index >= 15 is 0 Å². The van der Waals surface area contributed by atoms with Gasteiger partial charge in [0, 0.05) is 0 Å². The molecule has 0 bridgehead atoms. The molecule has 6 nitrogen and oxygen atoms in total. The van der Waals surface area contributed by atoms with E-state index in [9.17, 15) is 14.7 Å². The summed E-state index contributed by atoms with van der Waals surface area (Å²) >= 11 is 0. The van der Waals surface area contributed by atoms with E-state index in [1.807, 2.05) is 30.3 Å². The number of carboxylic acids is 1. The minimum absolute atomic E-state index is 0.000879. The first-order valence-corrected chi connectivity index (χ1v) is 9.06. The van der Waals surface area contributed by atoms with E-state index in [4.69, 9.17) is 16.2 Å². The van der Waals surface area contributed by atoms with Crippen LogP contribution in [0, 0.1) is 0 Å². The SMILES string of the molecule is NCCCC[C@](N)(C(=O)O)C(=O)OCc1cccc2c1Cc1ccccc1-2. The fourth-order valence-corrected chi connectivity index (χ4v) is 3.48. The number of hydrogen-bond donors (Lipinski definition) is 3. The molecule has 0 fully saturated rings. The maximum atomic E-state index is 12.4. The van der Waals surface area contributed by atoms with Crippen LogP contribution in [0.25, 0.3) is 11.1 Å². The van der Waals surface area contributed by atoms with Gasteiger partial charge < -0.3 is 21.3 Å². The molecule has 0 heterocycles. The molecule has 27 heavy (non-hydrogen) atoms. The highest BCUT2D eigenvalue weighted by Crippen LogP contribution is 2.38. The van der Waals surface area contributed by atoms with Crippen molar-refractivity contribution in [2.45, 2.75) is 37.8 Å². The Kier molecular flexibility index (Phi) is 5.58. The largest absolute Gasteiger partial charge is 0.479 e. The van der Waals surface area contributed by atoms with Crippen LogP contribution >= 0.6 is 0 Å². The van der Waals surface area contributed by atoms with Crippen LogP contribution in [0.15, 0.2) is 42.5 Å². The molecular formula is C21H24N2O4. The third-order valence-corrected chi connectivity index (χ3v) is 5.08. The number of esters is 1. The van der Waals surface area contributed by atoms with Crippen LogP contribution in [-0.2, 0) is 27.4 Å². The monoisotopic (exact) mass is 368 g/mol. The molecule has 0 aliphatic heterocycles. The molecule has 0 saturated heterocycles. The Bertz CT molecular complexity index is 865. The highest BCUT2D eigenvalue weighted by Gasteiger charge is 2.43. The lowest BCUT2D eigenvalue weighted by molar-refractivity contribution is -0.162. The second-order valence-electron chi connectivity index (χ2n) is 6.88. The second-order valence-corrected chi connectivity index (χ2v) is 6.88. The summed E-state index contributed by atoms with van der Waals surface area (Å²) in [6.07, 6.45) is 1.81. The number of ether oxygens (including phenoxy) is 1. The number of carbonyl (C=O) groups excluding carboxylic acids is 1. The van der Waals surface area contributed by atoms with E-state index in [-0.39, 0.29) is 13.0 Å². The van der Waals surface area contributed by atoms with E-state index in [0.29, 0.717) is 19.4 Å². The van der Waals surface area contributed by atoms with Gasteiger partial charge in [0.1, 0.15) is 6.61 Å². The molecule has 0 unspecified atom stereocenters. The molecule has 3 rings (SSSR count). The van der Waals surface area contributed by atoms with Gasteiger partial charge in [0.15, 0.2) is 0 Å². The number of nitrogens with two attached hydrogens (primary N) is 2. The summed E-state index contributed by atoms with van der Waals surface area (Å²) in [5.41, 5.74) is 14.7. The lowest BCUT2D eigenvalue weighted by Crippen LogP contribution is -2.55. The number of rotatable bonds is 8. The average molecular weight is 368 g/mol. The van der Waals surface area contributed by atoms with Crippen molar-refractivity contribution >= 4 is 11.9 Å². The predicted octanol–water partition coefficient (Wildman–Crippen LogP) is 2.21. The van der Waals surface area contributed by atoms with Crippen LogP contribution in [0.3, 0.4) is 0 Å². The van der Waals surface area contributed by atoms with Gasteiger partial charge in [-0.05, 0) is 60.0 Å². The molecule has 2 aromatic carbocycles. The number of aliphatic carboxylic acids is 1. The van der Waals surface area contributed by atoms with E-state index < -0.39 is 17.5 Å². The lowest BCUT2D eigenvalue weighted by Gasteiger charge is -2.23. The van der Waals surface area contributed by atoms with Crippen molar-refractivity contribution in [3.63, 3.8) is 0 Å². The van der Waals surface area contributed by atoms with Crippen molar-refractivity contribution in [2.75, 3.05) is 6.54 Å². The van der Waals surface area contributed by atoms with Crippen LogP contribution in [0.4, 0.5) is 0 Å². The summed E-state index contributed by atoms with van der Waals surface area (Å²) in [5.74, 6) is -2.30. The van der Waals surface area contributed by atoms with E-state index in [2.05, 4.69) is 12.1 Å². The number of unbranched alkanes of at least 4 members (excludes halogenated alkanes) is 1. The van der Waals surface area contributed by atoms with Gasteiger partial charge in [-0.1, -0.05) is 42.5 Å². The van der Waals surface area contributed by atoms with Crippen LogP contribution in [0.1, 0.15) is 36.0 Å². The zero-order chi connectivity index (χ0) is 19.4. The Morgan fingerprint density at radius 3 is 2.56 bits per heavy atom. The zero-order valence-corrected chi connectivity index (χ0v) is 15.1. The normalized spacial score (nSPS) is 14.1. The first-order valence-electron chi connectivity index (χ1n) is 9.06. The maximum absolute atomic E-state index is 12.4. The first-order chi connectivity index (χ1) is 13.0. The fourth-order valence-electron chi connectivity index (χ4n) is 3.48. The molecule has 6 heteroatoms. The van der Waals surface area contributed by atoms with Crippen LogP contribution in [0.5, 0.6) is 0 Å². The molecule has 142 valence electrons. The maximum Gasteiger partial charge on any atom is 0.338 e. The average Bonchev–Trinajstić information content (AvgIpc) is 3.05. The van der Waals surface area contributed by atoms with Crippen LogP contribution in [0.2, 0.25) is 0 Å². The summed E-state index contributed by atoms with van der Waals surface area (Å²) in [6, 6.07) is 14.0. The lowest BCUT2D eigenvalue weighted by atomic mass is 9.94. The highest BCUT2D eigenvalue weighted by molar-refractivity contribution is 6.03. The Morgan fingerprint density at radius 2 is 1.81 bits per heavy atom. The van der Waals surface area contributed by atoms with Gasteiger partial charge in [0.2, 0.25) is 5.54 Å². The smallest absolute Gasteiger partial charge is 0.338 e. The minimum atomic E-state index is -2.05. The van der Waals surface area contributed by atoms with Gasteiger partial charge in [0.05, 0.1) is 0 Å². The number of fused-ring (bicyclic) bond motifs is 3. The third-order valence-electron chi connectivity index (χ3n) is 5.08. The van der Waals surface area contributed by atoms with Crippen molar-refractivity contribution in [3.05, 3.63) is 59.2 Å². The van der Waals surface area contributed by atoms with Gasteiger partial charge in [-0.2, -0.15) is 0 Å². The standard InChI is InChI=1S/C21H24N2O4/c22-11-4-3-10-21(23,19(24)25)20(26)27-13-15-7-5-9-17-16-8-2-1-6-14(16)12-18(15)17/h1-2,5-9H,3-4,10-13,22-23H2,(H,24,25)/t21-/m0/s1. The molecule has 0 radical (unpaired) electrons. The molecule has 5 N–H and O–H groups in total. The van der Waals surface area contributed by atoms with Crippen molar-refractivity contribution < 1.29 is 19.4 Å². The van der Waals surface area contributed by atoms with Crippen molar-refractivity contribution in [1.29, 1.82) is 0 Å². The Labute approximate surface area is 158 Å². The number of carboxylic acid groups (broad SMARTS) is 1. The number of hydrogen-bond acceptors (Lipinski definition) is 5. The van der Waals surface area contributed by atoms with Crippen LogP contribution in [-0.4, -0.2) is 29.1 Å². The molecule has 1 aliphatic carbocycles. The summed E-state index contributed by atoms with van der Waals surface area (Å²) in [6.45, 7) is 0.417. The van der Waals surface area contributed by atoms with Gasteiger partial charge >= 0.3 is 11.9 Å². The summed E-state index contributed by atoms with van der Waals surface area (Å²) in [4.78, 5) is 24.0.